The number of nitriles is 1. The van der Waals surface area contributed by atoms with Crippen LogP contribution < -0.4 is 5.32 Å². The van der Waals surface area contributed by atoms with Gasteiger partial charge in [0.25, 0.3) is 0 Å². The lowest BCUT2D eigenvalue weighted by Gasteiger charge is -2.13. The second-order valence-electron chi connectivity index (χ2n) is 3.73. The van der Waals surface area contributed by atoms with Crippen LogP contribution in [0.1, 0.15) is 26.2 Å². The number of rotatable bonds is 3. The molecule has 3 atom stereocenters. The van der Waals surface area contributed by atoms with Crippen molar-refractivity contribution in [3.8, 4) is 6.07 Å². The quantitative estimate of drug-likeness (QED) is 0.772. The van der Waals surface area contributed by atoms with E-state index in [0.717, 1.165) is 12.8 Å². The summed E-state index contributed by atoms with van der Waals surface area (Å²) in [5, 5.41) is 12.2. The number of nitrogens with one attached hydrogen (secondary N) is 1. The van der Waals surface area contributed by atoms with Crippen LogP contribution in [-0.2, 0) is 4.79 Å². The smallest absolute Gasteiger partial charge is 0.237 e. The lowest BCUT2D eigenvalue weighted by atomic mass is 10.1. The molecule has 1 amide bonds. The number of thioether (sulfide) groups is 1. The average Bonchev–Trinajstić information content (AvgIpc) is 2.64. The van der Waals surface area contributed by atoms with Gasteiger partial charge in [-0.3, -0.25) is 4.79 Å². The Labute approximate surface area is 89.2 Å². The van der Waals surface area contributed by atoms with Crippen LogP contribution in [0.3, 0.4) is 0 Å². The van der Waals surface area contributed by atoms with E-state index in [0.29, 0.717) is 5.25 Å². The number of nitrogens with zero attached hydrogens (tertiary/aromatic N) is 1. The summed E-state index contributed by atoms with van der Waals surface area (Å²) in [6.45, 7) is 1.64. The van der Waals surface area contributed by atoms with E-state index in [9.17, 15) is 4.79 Å². The van der Waals surface area contributed by atoms with Crippen molar-refractivity contribution >= 4 is 17.7 Å². The highest BCUT2D eigenvalue weighted by molar-refractivity contribution is 7.99. The van der Waals surface area contributed by atoms with Crippen molar-refractivity contribution in [1.82, 2.24) is 5.32 Å². The SMILES string of the molecule is CSC1CCC(NC(=O)C(C)C#N)C1. The van der Waals surface area contributed by atoms with Crippen molar-refractivity contribution in [2.45, 2.75) is 37.5 Å². The summed E-state index contributed by atoms with van der Waals surface area (Å²) in [5.41, 5.74) is 0. The maximum absolute atomic E-state index is 11.4. The lowest BCUT2D eigenvalue weighted by Crippen LogP contribution is -2.36. The molecule has 0 bridgehead atoms. The van der Waals surface area contributed by atoms with Crippen molar-refractivity contribution < 1.29 is 4.79 Å². The zero-order chi connectivity index (χ0) is 10.6. The van der Waals surface area contributed by atoms with Crippen LogP contribution in [0.5, 0.6) is 0 Å². The second-order valence-corrected chi connectivity index (χ2v) is 4.87. The standard InChI is InChI=1S/C10H16N2OS/c1-7(6-11)10(13)12-8-3-4-9(5-8)14-2/h7-9H,3-5H2,1-2H3,(H,12,13). The number of hydrogen-bond acceptors (Lipinski definition) is 3. The van der Waals surface area contributed by atoms with E-state index in [1.54, 1.807) is 6.92 Å². The third kappa shape index (κ3) is 2.91. The van der Waals surface area contributed by atoms with Gasteiger partial charge < -0.3 is 5.32 Å². The minimum absolute atomic E-state index is 0.126. The first-order valence-corrected chi connectivity index (χ1v) is 6.19. The van der Waals surface area contributed by atoms with Crippen LogP contribution in [0.2, 0.25) is 0 Å². The molecule has 1 aliphatic carbocycles. The summed E-state index contributed by atoms with van der Waals surface area (Å²) in [7, 11) is 0. The van der Waals surface area contributed by atoms with Gasteiger partial charge in [-0.2, -0.15) is 17.0 Å². The fourth-order valence-electron chi connectivity index (χ4n) is 1.67. The maximum Gasteiger partial charge on any atom is 0.237 e. The van der Waals surface area contributed by atoms with Gasteiger partial charge in [0.15, 0.2) is 0 Å². The van der Waals surface area contributed by atoms with Gasteiger partial charge in [0, 0.05) is 11.3 Å². The molecule has 0 saturated heterocycles. The van der Waals surface area contributed by atoms with Crippen molar-refractivity contribution in [3.05, 3.63) is 0 Å². The fourth-order valence-corrected chi connectivity index (χ4v) is 2.47. The molecule has 3 nitrogen and oxygen atoms in total. The molecule has 0 radical (unpaired) electrons. The summed E-state index contributed by atoms with van der Waals surface area (Å²) in [5.74, 6) is -0.650. The highest BCUT2D eigenvalue weighted by Gasteiger charge is 2.26. The largest absolute Gasteiger partial charge is 0.352 e. The monoisotopic (exact) mass is 212 g/mol. The Kier molecular flexibility index (Phi) is 4.27. The summed E-state index contributed by atoms with van der Waals surface area (Å²) in [4.78, 5) is 11.4. The van der Waals surface area contributed by atoms with Crippen molar-refractivity contribution in [1.29, 1.82) is 5.26 Å². The van der Waals surface area contributed by atoms with Crippen LogP contribution in [0.25, 0.3) is 0 Å². The highest BCUT2D eigenvalue weighted by Crippen LogP contribution is 2.28. The zero-order valence-corrected chi connectivity index (χ0v) is 9.43. The molecule has 0 spiro atoms. The molecule has 1 saturated carbocycles. The Balaban J connectivity index is 2.33. The molecule has 3 unspecified atom stereocenters. The first kappa shape index (κ1) is 11.4. The van der Waals surface area contributed by atoms with Gasteiger partial charge in [0.1, 0.15) is 5.92 Å². The Morgan fingerprint density at radius 1 is 1.64 bits per heavy atom. The Morgan fingerprint density at radius 3 is 2.86 bits per heavy atom. The number of carbonyl (C=O) groups excluding carboxylic acids is 1. The lowest BCUT2D eigenvalue weighted by molar-refractivity contribution is -0.123. The van der Waals surface area contributed by atoms with Crippen molar-refractivity contribution in [2.75, 3.05) is 6.26 Å². The van der Waals surface area contributed by atoms with Gasteiger partial charge in [-0.1, -0.05) is 0 Å². The average molecular weight is 212 g/mol. The van der Waals surface area contributed by atoms with Crippen molar-refractivity contribution in [2.24, 2.45) is 5.92 Å². The zero-order valence-electron chi connectivity index (χ0n) is 8.62. The minimum Gasteiger partial charge on any atom is -0.352 e. The maximum atomic E-state index is 11.4. The molecule has 78 valence electrons. The molecule has 0 heterocycles. The molecule has 0 aromatic carbocycles. The molecule has 1 N–H and O–H groups in total. The van der Waals surface area contributed by atoms with Crippen LogP contribution in [0, 0.1) is 17.2 Å². The van der Waals surface area contributed by atoms with E-state index >= 15 is 0 Å². The Bertz CT molecular complexity index is 249. The molecule has 1 aliphatic rings. The molecular formula is C10H16N2OS. The normalized spacial score (nSPS) is 28.1. The fraction of sp³-hybridized carbons (Fsp3) is 0.800. The summed E-state index contributed by atoms with van der Waals surface area (Å²) >= 11 is 1.86. The molecule has 14 heavy (non-hydrogen) atoms. The topological polar surface area (TPSA) is 52.9 Å². The minimum atomic E-state index is -0.525. The van der Waals surface area contributed by atoms with E-state index in [2.05, 4.69) is 11.6 Å². The molecule has 0 aromatic heterocycles. The molecule has 0 aliphatic heterocycles. The molecule has 0 aromatic rings. The van der Waals surface area contributed by atoms with Gasteiger partial charge in [0.05, 0.1) is 6.07 Å². The predicted molar refractivity (Wildman–Crippen MR) is 57.9 cm³/mol. The van der Waals surface area contributed by atoms with Crippen LogP contribution >= 0.6 is 11.8 Å². The molecular weight excluding hydrogens is 196 g/mol. The third-order valence-corrected chi connectivity index (χ3v) is 3.75. The summed E-state index contributed by atoms with van der Waals surface area (Å²) in [6, 6.07) is 2.23. The van der Waals surface area contributed by atoms with Gasteiger partial charge in [-0.05, 0) is 32.4 Å². The molecule has 1 fully saturated rings. The second kappa shape index (κ2) is 5.26. The van der Waals surface area contributed by atoms with E-state index in [4.69, 9.17) is 5.26 Å². The van der Waals surface area contributed by atoms with Gasteiger partial charge in [0.2, 0.25) is 5.91 Å². The van der Waals surface area contributed by atoms with E-state index in [-0.39, 0.29) is 11.9 Å². The van der Waals surface area contributed by atoms with Gasteiger partial charge in [-0.15, -0.1) is 0 Å². The van der Waals surface area contributed by atoms with Crippen LogP contribution in [-0.4, -0.2) is 23.5 Å². The van der Waals surface area contributed by atoms with Crippen molar-refractivity contribution in [3.63, 3.8) is 0 Å². The van der Waals surface area contributed by atoms with Crippen LogP contribution in [0.4, 0.5) is 0 Å². The number of amides is 1. The summed E-state index contributed by atoms with van der Waals surface area (Å²) < 4.78 is 0. The van der Waals surface area contributed by atoms with E-state index in [1.165, 1.54) is 6.42 Å². The van der Waals surface area contributed by atoms with Gasteiger partial charge in [-0.25, -0.2) is 0 Å². The van der Waals surface area contributed by atoms with Crippen LogP contribution in [0.15, 0.2) is 0 Å². The highest BCUT2D eigenvalue weighted by atomic mass is 32.2. The summed E-state index contributed by atoms with van der Waals surface area (Å²) in [6.07, 6.45) is 5.38. The van der Waals surface area contributed by atoms with E-state index in [1.807, 2.05) is 17.8 Å². The van der Waals surface area contributed by atoms with Gasteiger partial charge >= 0.3 is 0 Å². The number of hydrogen-bond donors (Lipinski definition) is 1. The molecule has 1 rings (SSSR count). The molecule has 4 heteroatoms. The Hall–Kier alpha value is -0.690. The first-order valence-electron chi connectivity index (χ1n) is 4.90. The first-order chi connectivity index (χ1) is 6.67. The van der Waals surface area contributed by atoms with E-state index < -0.39 is 5.92 Å². The third-order valence-electron chi connectivity index (χ3n) is 2.65. The predicted octanol–water partition coefficient (Wildman–Crippen LogP) is 1.55. The Morgan fingerprint density at radius 2 is 2.36 bits per heavy atom. The number of carbonyl (C=O) groups is 1.